The van der Waals surface area contributed by atoms with Crippen molar-refractivity contribution in [3.63, 3.8) is 0 Å². The molecule has 0 fully saturated rings. The molecular weight excluding hydrogens is 311 g/mol. The Kier molecular flexibility index (Phi) is 2.86. The number of thioether (sulfide) groups is 1. The molecule has 0 saturated carbocycles. The highest BCUT2D eigenvalue weighted by Crippen LogP contribution is 2.39. The smallest absolute Gasteiger partial charge is 0.0742 e. The molecule has 13 heavy (non-hydrogen) atoms. The lowest BCUT2D eigenvalue weighted by molar-refractivity contribution is 1.52. The zero-order valence-corrected chi connectivity index (χ0v) is 11.2. The van der Waals surface area contributed by atoms with E-state index in [1.807, 2.05) is 23.1 Å². The van der Waals surface area contributed by atoms with Gasteiger partial charge in [0, 0.05) is 13.7 Å². The van der Waals surface area contributed by atoms with Crippen LogP contribution in [0.2, 0.25) is 0 Å². The van der Waals surface area contributed by atoms with Crippen molar-refractivity contribution in [2.75, 3.05) is 6.26 Å². The normalized spacial score (nSPS) is 11.0. The maximum Gasteiger partial charge on any atom is 0.0742 e. The fourth-order valence-corrected chi connectivity index (χ4v) is 5.06. The summed E-state index contributed by atoms with van der Waals surface area (Å²) in [7, 11) is 0. The number of hydrogen-bond donors (Lipinski definition) is 0. The molecule has 2 rings (SSSR count). The third-order valence-electron chi connectivity index (χ3n) is 2.02. The molecule has 0 bridgehead atoms. The number of aryl methyl sites for hydroxylation is 1. The Bertz CT molecular complexity index is 445. The maximum absolute atomic E-state index is 2.45. The lowest BCUT2D eigenvalue weighted by atomic mass is 10.2. The van der Waals surface area contributed by atoms with E-state index in [9.17, 15) is 0 Å². The molecule has 0 spiro atoms. The first-order chi connectivity index (χ1) is 6.24. The Hall–Kier alpha value is 0.260. The summed E-state index contributed by atoms with van der Waals surface area (Å²) in [6.07, 6.45) is 2.14. The van der Waals surface area contributed by atoms with Crippen LogP contribution in [0.4, 0.5) is 0 Å². The van der Waals surface area contributed by atoms with Crippen LogP contribution >= 0.6 is 45.7 Å². The van der Waals surface area contributed by atoms with Gasteiger partial charge in [0.2, 0.25) is 0 Å². The van der Waals surface area contributed by atoms with Gasteiger partial charge < -0.3 is 0 Å². The molecule has 68 valence electrons. The SMILES string of the molecule is CSc1sc2cccc(C)c2c1I. The van der Waals surface area contributed by atoms with Crippen molar-refractivity contribution < 1.29 is 0 Å². The number of rotatable bonds is 1. The first-order valence-corrected chi connectivity index (χ1v) is 7.07. The summed E-state index contributed by atoms with van der Waals surface area (Å²) in [6.45, 7) is 2.18. The largest absolute Gasteiger partial charge is 0.128 e. The highest BCUT2D eigenvalue weighted by atomic mass is 127. The fourth-order valence-electron chi connectivity index (χ4n) is 1.39. The molecule has 1 heterocycles. The molecule has 3 heteroatoms. The van der Waals surface area contributed by atoms with Gasteiger partial charge in [-0.05, 0) is 47.4 Å². The third kappa shape index (κ3) is 1.62. The third-order valence-corrected chi connectivity index (χ3v) is 6.11. The molecule has 0 aliphatic rings. The van der Waals surface area contributed by atoms with Crippen LogP contribution in [0.15, 0.2) is 22.4 Å². The molecule has 0 radical (unpaired) electrons. The fraction of sp³-hybridized carbons (Fsp3) is 0.200. The van der Waals surface area contributed by atoms with Gasteiger partial charge in [-0.2, -0.15) is 0 Å². The average Bonchev–Trinajstić information content (AvgIpc) is 2.44. The number of fused-ring (bicyclic) bond motifs is 1. The van der Waals surface area contributed by atoms with E-state index in [1.165, 1.54) is 23.4 Å². The van der Waals surface area contributed by atoms with Crippen LogP contribution in [0.5, 0.6) is 0 Å². The molecule has 0 N–H and O–H groups in total. The molecule has 0 amide bonds. The van der Waals surface area contributed by atoms with Gasteiger partial charge in [-0.1, -0.05) is 12.1 Å². The van der Waals surface area contributed by atoms with Crippen LogP contribution in [0.25, 0.3) is 10.1 Å². The van der Waals surface area contributed by atoms with Crippen molar-refractivity contribution >= 4 is 55.8 Å². The van der Waals surface area contributed by atoms with Crippen molar-refractivity contribution in [2.45, 2.75) is 11.1 Å². The van der Waals surface area contributed by atoms with Crippen molar-refractivity contribution in [1.29, 1.82) is 0 Å². The first kappa shape index (κ1) is 9.80. The summed E-state index contributed by atoms with van der Waals surface area (Å²) in [4.78, 5) is 0. The Morgan fingerprint density at radius 3 is 2.77 bits per heavy atom. The van der Waals surface area contributed by atoms with Crippen LogP contribution < -0.4 is 0 Å². The summed E-state index contributed by atoms with van der Waals surface area (Å²) >= 11 is 6.18. The summed E-state index contributed by atoms with van der Waals surface area (Å²) in [6, 6.07) is 6.52. The summed E-state index contributed by atoms with van der Waals surface area (Å²) in [5, 5.41) is 1.44. The molecule has 0 unspecified atom stereocenters. The van der Waals surface area contributed by atoms with Gasteiger partial charge in [-0.25, -0.2) is 0 Å². The summed E-state index contributed by atoms with van der Waals surface area (Å²) in [5.74, 6) is 0. The molecule has 0 nitrogen and oxygen atoms in total. The topological polar surface area (TPSA) is 0 Å². The van der Waals surface area contributed by atoms with Crippen LogP contribution in [0, 0.1) is 10.5 Å². The molecule has 1 aromatic carbocycles. The Morgan fingerprint density at radius 2 is 2.15 bits per heavy atom. The molecule has 0 aliphatic carbocycles. The van der Waals surface area contributed by atoms with E-state index in [0.717, 1.165) is 0 Å². The lowest BCUT2D eigenvalue weighted by Crippen LogP contribution is -1.74. The van der Waals surface area contributed by atoms with E-state index in [4.69, 9.17) is 0 Å². The Balaban J connectivity index is 2.85. The number of halogens is 1. The van der Waals surface area contributed by atoms with Crippen molar-refractivity contribution in [3.05, 3.63) is 27.3 Å². The van der Waals surface area contributed by atoms with Gasteiger partial charge in [-0.15, -0.1) is 23.1 Å². The van der Waals surface area contributed by atoms with Crippen molar-refractivity contribution in [1.82, 2.24) is 0 Å². The van der Waals surface area contributed by atoms with Gasteiger partial charge in [-0.3, -0.25) is 0 Å². The van der Waals surface area contributed by atoms with E-state index in [1.54, 1.807) is 0 Å². The molecule has 0 saturated heterocycles. The van der Waals surface area contributed by atoms with E-state index < -0.39 is 0 Å². The predicted molar refractivity (Wildman–Crippen MR) is 71.1 cm³/mol. The number of benzene rings is 1. The van der Waals surface area contributed by atoms with Crippen LogP contribution in [0.1, 0.15) is 5.56 Å². The second-order valence-corrected chi connectivity index (χ2v) is 6.06. The average molecular weight is 320 g/mol. The van der Waals surface area contributed by atoms with Crippen LogP contribution in [0.3, 0.4) is 0 Å². The standard InChI is InChI=1S/C10H9IS2/c1-6-4-3-5-7-8(6)9(11)10(12-2)13-7/h3-5H,1-2H3. The minimum atomic E-state index is 1.39. The Labute approximate surface area is 99.9 Å². The van der Waals surface area contributed by atoms with E-state index >= 15 is 0 Å². The minimum absolute atomic E-state index is 1.39. The maximum atomic E-state index is 2.45. The van der Waals surface area contributed by atoms with Gasteiger partial charge >= 0.3 is 0 Å². The molecular formula is C10H9IS2. The van der Waals surface area contributed by atoms with Crippen LogP contribution in [-0.4, -0.2) is 6.26 Å². The summed E-state index contributed by atoms with van der Waals surface area (Å²) < 4.78 is 4.27. The van der Waals surface area contributed by atoms with E-state index in [0.29, 0.717) is 0 Å². The lowest BCUT2D eigenvalue weighted by Gasteiger charge is -1.95. The second kappa shape index (κ2) is 3.79. The van der Waals surface area contributed by atoms with E-state index in [2.05, 4.69) is 54.0 Å². The van der Waals surface area contributed by atoms with Gasteiger partial charge in [0.05, 0.1) is 4.21 Å². The summed E-state index contributed by atoms with van der Waals surface area (Å²) in [5.41, 5.74) is 1.39. The quantitative estimate of drug-likeness (QED) is 0.549. The van der Waals surface area contributed by atoms with Gasteiger partial charge in [0.1, 0.15) is 0 Å². The van der Waals surface area contributed by atoms with Gasteiger partial charge in [0.15, 0.2) is 0 Å². The van der Waals surface area contributed by atoms with Crippen molar-refractivity contribution in [3.8, 4) is 0 Å². The van der Waals surface area contributed by atoms with Crippen molar-refractivity contribution in [2.24, 2.45) is 0 Å². The molecule has 0 atom stereocenters. The monoisotopic (exact) mass is 320 g/mol. The minimum Gasteiger partial charge on any atom is -0.128 e. The number of thiophene rings is 1. The number of hydrogen-bond acceptors (Lipinski definition) is 2. The second-order valence-electron chi connectivity index (χ2n) is 2.86. The Morgan fingerprint density at radius 1 is 1.38 bits per heavy atom. The molecule has 2 aromatic rings. The van der Waals surface area contributed by atoms with E-state index in [-0.39, 0.29) is 0 Å². The zero-order valence-electron chi connectivity index (χ0n) is 7.43. The zero-order chi connectivity index (χ0) is 9.42. The molecule has 0 aliphatic heterocycles. The first-order valence-electron chi connectivity index (χ1n) is 3.95. The van der Waals surface area contributed by atoms with Gasteiger partial charge in [0.25, 0.3) is 0 Å². The highest BCUT2D eigenvalue weighted by molar-refractivity contribution is 14.1. The predicted octanol–water partition coefficient (Wildman–Crippen LogP) is 4.54. The molecule has 1 aromatic heterocycles. The van der Waals surface area contributed by atoms with Crippen LogP contribution in [-0.2, 0) is 0 Å². The highest BCUT2D eigenvalue weighted by Gasteiger charge is 2.09.